The quantitative estimate of drug-likeness (QED) is 0.453. The predicted octanol–water partition coefficient (Wildman–Crippen LogP) is 4.71. The topological polar surface area (TPSA) is 39.4 Å². The molecule has 3 heterocycles. The molecule has 166 valence electrons. The molecule has 4 aromatic rings. The van der Waals surface area contributed by atoms with Crippen LogP contribution in [-0.2, 0) is 26.6 Å². The van der Waals surface area contributed by atoms with E-state index in [0.717, 1.165) is 30.8 Å². The maximum Gasteiger partial charge on any atom is 0.258 e. The van der Waals surface area contributed by atoms with Gasteiger partial charge in [0.25, 0.3) is 5.56 Å². The average molecular weight is 450 g/mol. The van der Waals surface area contributed by atoms with Crippen LogP contribution in [0.5, 0.6) is 5.75 Å². The van der Waals surface area contributed by atoms with E-state index in [-0.39, 0.29) is 18.0 Å². The first-order chi connectivity index (χ1) is 15.1. The Kier molecular flexibility index (Phi) is 6.40. The van der Waals surface area contributed by atoms with Crippen molar-refractivity contribution in [1.29, 1.82) is 0 Å². The second kappa shape index (κ2) is 9.23. The number of benzene rings is 2. The third-order valence-electron chi connectivity index (χ3n) is 6.22. The molecular weight excluding hydrogens is 422 g/mol. The first-order valence-electron chi connectivity index (χ1n) is 10.8. The number of aryl methyl sites for hydroxylation is 1. The van der Waals surface area contributed by atoms with E-state index >= 15 is 0 Å². The third kappa shape index (κ3) is 4.18. The molecule has 2 aromatic heterocycles. The summed E-state index contributed by atoms with van der Waals surface area (Å²) in [6, 6.07) is 19.7. The molecule has 1 aliphatic heterocycles. The van der Waals surface area contributed by atoms with Crippen LogP contribution in [0.15, 0.2) is 71.7 Å². The molecule has 0 atom stereocenters. The maximum atomic E-state index is 12.8. The second-order valence-corrected chi connectivity index (χ2v) is 8.37. The monoisotopic (exact) mass is 449 g/mol. The third-order valence-corrected chi connectivity index (χ3v) is 6.22. The fourth-order valence-corrected chi connectivity index (χ4v) is 4.57. The minimum absolute atomic E-state index is 0. The highest BCUT2D eigenvalue weighted by molar-refractivity contribution is 5.87. The van der Waals surface area contributed by atoms with Gasteiger partial charge in [-0.05, 0) is 55.8 Å². The molecule has 5 rings (SSSR count). The summed E-state index contributed by atoms with van der Waals surface area (Å²) in [6.07, 6.45) is 4.06. The summed E-state index contributed by atoms with van der Waals surface area (Å²) in [4.78, 5) is 15.2. The van der Waals surface area contributed by atoms with E-state index < -0.39 is 0 Å². The number of hydrogen-bond acceptors (Lipinski definition) is 3. The molecule has 0 saturated heterocycles. The average Bonchev–Trinajstić information content (AvgIpc) is 2.91. The van der Waals surface area contributed by atoms with Crippen LogP contribution in [0, 0.1) is 0 Å². The minimum Gasteiger partial charge on any atom is -0.489 e. The van der Waals surface area contributed by atoms with E-state index in [1.54, 1.807) is 16.8 Å². The maximum absolute atomic E-state index is 12.8. The lowest BCUT2D eigenvalue weighted by molar-refractivity contribution is 0.305. The van der Waals surface area contributed by atoms with E-state index in [9.17, 15) is 4.79 Å². The fourth-order valence-electron chi connectivity index (χ4n) is 4.57. The molecule has 0 amide bonds. The summed E-state index contributed by atoms with van der Waals surface area (Å²) < 4.78 is 9.79. The fraction of sp³-hybridized carbons (Fsp3) is 0.269. The van der Waals surface area contributed by atoms with Crippen LogP contribution >= 0.6 is 12.4 Å². The number of pyridine rings is 1. The summed E-state index contributed by atoms with van der Waals surface area (Å²) in [7, 11) is 4.32. The smallest absolute Gasteiger partial charge is 0.258 e. The van der Waals surface area contributed by atoms with Gasteiger partial charge in [0.15, 0.2) is 0 Å². The molecule has 0 radical (unpaired) electrons. The van der Waals surface area contributed by atoms with Gasteiger partial charge in [-0.15, -0.1) is 12.4 Å². The summed E-state index contributed by atoms with van der Waals surface area (Å²) in [6.45, 7) is 2.54. The van der Waals surface area contributed by atoms with Gasteiger partial charge in [-0.3, -0.25) is 9.36 Å². The lowest BCUT2D eigenvalue weighted by Crippen LogP contribution is -2.17. The van der Waals surface area contributed by atoms with Crippen LogP contribution in [0.4, 0.5) is 0 Å². The number of aromatic nitrogens is 2. The predicted molar refractivity (Wildman–Crippen MR) is 131 cm³/mol. The number of fused-ring (bicyclic) bond motifs is 3. The van der Waals surface area contributed by atoms with Crippen molar-refractivity contribution in [2.75, 3.05) is 13.6 Å². The van der Waals surface area contributed by atoms with Gasteiger partial charge in [-0.25, -0.2) is 0 Å². The largest absolute Gasteiger partial charge is 0.489 e. The van der Waals surface area contributed by atoms with Crippen molar-refractivity contribution in [3.63, 3.8) is 0 Å². The Morgan fingerprint density at radius 1 is 1.00 bits per heavy atom. The van der Waals surface area contributed by atoms with Crippen molar-refractivity contribution in [2.24, 2.45) is 7.05 Å². The molecule has 0 bridgehead atoms. The first kappa shape index (κ1) is 22.2. The molecule has 2 aromatic carbocycles. The van der Waals surface area contributed by atoms with Crippen LogP contribution < -0.4 is 10.3 Å². The van der Waals surface area contributed by atoms with Gasteiger partial charge in [-0.2, -0.15) is 0 Å². The molecule has 5 nitrogen and oxygen atoms in total. The van der Waals surface area contributed by atoms with Crippen molar-refractivity contribution in [1.82, 2.24) is 14.0 Å². The zero-order valence-corrected chi connectivity index (χ0v) is 19.3. The van der Waals surface area contributed by atoms with Gasteiger partial charge in [0.2, 0.25) is 0 Å². The molecule has 1 aliphatic rings. The first-order valence-corrected chi connectivity index (χ1v) is 10.8. The molecule has 0 aliphatic carbocycles. The van der Waals surface area contributed by atoms with E-state index in [2.05, 4.69) is 35.7 Å². The van der Waals surface area contributed by atoms with Crippen LogP contribution in [0.25, 0.3) is 16.6 Å². The van der Waals surface area contributed by atoms with Crippen LogP contribution in [-0.4, -0.2) is 27.6 Å². The van der Waals surface area contributed by atoms with Crippen LogP contribution in [0.2, 0.25) is 0 Å². The Morgan fingerprint density at radius 2 is 1.81 bits per heavy atom. The molecule has 0 N–H and O–H groups in total. The van der Waals surface area contributed by atoms with E-state index in [1.165, 1.54) is 28.6 Å². The van der Waals surface area contributed by atoms with Gasteiger partial charge in [-0.1, -0.05) is 36.4 Å². The molecule has 32 heavy (non-hydrogen) atoms. The minimum atomic E-state index is -0.0968. The van der Waals surface area contributed by atoms with Gasteiger partial charge in [0, 0.05) is 36.9 Å². The summed E-state index contributed by atoms with van der Waals surface area (Å²) in [5, 5.41) is 1.28. The molecular formula is C26H28ClN3O2. The zero-order chi connectivity index (χ0) is 21.4. The number of halogens is 1. The highest BCUT2D eigenvalue weighted by Crippen LogP contribution is 2.30. The lowest BCUT2D eigenvalue weighted by atomic mass is 10.1. The van der Waals surface area contributed by atoms with Crippen molar-refractivity contribution in [3.8, 4) is 11.4 Å². The SMILES string of the molecule is CN1CCCc2c(c3ccc(-n4ccc(OCc5ccccc5)cc4=O)cc3n2C)C1.Cl. The number of nitrogens with zero attached hydrogens (tertiary/aromatic N) is 3. The van der Waals surface area contributed by atoms with E-state index in [0.29, 0.717) is 12.4 Å². The summed E-state index contributed by atoms with van der Waals surface area (Å²) in [5.74, 6) is 0.583. The van der Waals surface area contributed by atoms with E-state index in [1.807, 2.05) is 42.5 Å². The number of hydrogen-bond donors (Lipinski definition) is 0. The Morgan fingerprint density at radius 3 is 2.59 bits per heavy atom. The normalized spacial score (nSPS) is 13.9. The number of rotatable bonds is 4. The molecule has 6 heteroatoms. The molecule has 0 saturated carbocycles. The van der Waals surface area contributed by atoms with Crippen molar-refractivity contribution < 1.29 is 4.74 Å². The summed E-state index contributed by atoms with van der Waals surface area (Å²) >= 11 is 0. The van der Waals surface area contributed by atoms with Crippen LogP contribution in [0.3, 0.4) is 0 Å². The lowest BCUT2D eigenvalue weighted by Gasteiger charge is -2.13. The zero-order valence-electron chi connectivity index (χ0n) is 18.5. The second-order valence-electron chi connectivity index (χ2n) is 8.37. The number of ether oxygens (including phenoxy) is 1. The van der Waals surface area contributed by atoms with Gasteiger partial charge >= 0.3 is 0 Å². The van der Waals surface area contributed by atoms with Gasteiger partial charge in [0.05, 0.1) is 11.2 Å². The van der Waals surface area contributed by atoms with Gasteiger partial charge < -0.3 is 14.2 Å². The van der Waals surface area contributed by atoms with Crippen LogP contribution in [0.1, 0.15) is 23.2 Å². The van der Waals surface area contributed by atoms with Crippen molar-refractivity contribution >= 4 is 23.3 Å². The molecule has 0 fully saturated rings. The Labute approximate surface area is 194 Å². The summed E-state index contributed by atoms with van der Waals surface area (Å²) in [5.41, 5.74) is 5.85. The standard InChI is InChI=1S/C26H27N3O2.ClH/c1-27-13-6-9-24-23(17-27)22-11-10-20(15-25(22)28(24)2)29-14-12-21(16-26(29)30)31-18-19-7-4-3-5-8-19;/h3-5,7-8,10-12,14-16H,6,9,13,17-18H2,1-2H3;1H. The Balaban J connectivity index is 0.00000245. The molecule has 0 unspecified atom stereocenters. The van der Waals surface area contributed by atoms with Crippen molar-refractivity contribution in [2.45, 2.75) is 26.0 Å². The van der Waals surface area contributed by atoms with Crippen molar-refractivity contribution in [3.05, 3.63) is 94.0 Å². The highest BCUT2D eigenvalue weighted by Gasteiger charge is 2.19. The molecule has 0 spiro atoms. The Bertz CT molecular complexity index is 1290. The van der Waals surface area contributed by atoms with E-state index in [4.69, 9.17) is 4.74 Å². The highest BCUT2D eigenvalue weighted by atomic mass is 35.5. The van der Waals surface area contributed by atoms with Gasteiger partial charge in [0.1, 0.15) is 12.4 Å². The Hall–Kier alpha value is -3.02.